The third-order valence-electron chi connectivity index (χ3n) is 4.00. The summed E-state index contributed by atoms with van der Waals surface area (Å²) >= 11 is 1.20. The highest BCUT2D eigenvalue weighted by Crippen LogP contribution is 2.28. The maximum Gasteiger partial charge on any atom is 0.319 e. The summed E-state index contributed by atoms with van der Waals surface area (Å²) in [4.78, 5) is 24.9. The van der Waals surface area contributed by atoms with Gasteiger partial charge in [0, 0.05) is 13.1 Å². The van der Waals surface area contributed by atoms with E-state index in [0.29, 0.717) is 6.04 Å². The largest absolute Gasteiger partial charge is 0.480 e. The van der Waals surface area contributed by atoms with E-state index in [1.807, 2.05) is 11.9 Å². The van der Waals surface area contributed by atoms with E-state index in [4.69, 9.17) is 5.11 Å². The second kappa shape index (κ2) is 6.64. The van der Waals surface area contributed by atoms with Crippen LogP contribution in [0.3, 0.4) is 0 Å². The number of aliphatic carboxylic acids is 1. The predicted octanol–water partition coefficient (Wildman–Crippen LogP) is 2.62. The molecule has 0 radical (unpaired) electrons. The van der Waals surface area contributed by atoms with Gasteiger partial charge in [-0.1, -0.05) is 6.92 Å². The van der Waals surface area contributed by atoms with Gasteiger partial charge in [-0.3, -0.25) is 9.59 Å². The molecule has 0 aromatic heterocycles. The predicted molar refractivity (Wildman–Crippen MR) is 78.4 cm³/mol. The van der Waals surface area contributed by atoms with Crippen LogP contribution in [0.4, 0.5) is 0 Å². The van der Waals surface area contributed by atoms with Crippen LogP contribution in [0.25, 0.3) is 0 Å². The molecular formula is C14H25NO3S. The highest BCUT2D eigenvalue weighted by Gasteiger charge is 2.30. The fourth-order valence-electron chi connectivity index (χ4n) is 2.24. The summed E-state index contributed by atoms with van der Waals surface area (Å²) in [5.74, 6) is 0.167. The average Bonchev–Trinajstić information content (AvgIpc) is 2.36. The Hall–Kier alpha value is -0.710. The number of rotatable bonds is 5. The highest BCUT2D eigenvalue weighted by atomic mass is 32.2. The second-order valence-electron chi connectivity index (χ2n) is 6.02. The van der Waals surface area contributed by atoms with Gasteiger partial charge in [-0.15, -0.1) is 11.8 Å². The zero-order valence-electron chi connectivity index (χ0n) is 12.3. The molecule has 1 amide bonds. The summed E-state index contributed by atoms with van der Waals surface area (Å²) in [6.07, 6.45) is 4.49. The number of carboxylic acids is 1. The number of thioether (sulfide) groups is 1. The van der Waals surface area contributed by atoms with Gasteiger partial charge < -0.3 is 10.0 Å². The quantitative estimate of drug-likeness (QED) is 0.844. The lowest BCUT2D eigenvalue weighted by Crippen LogP contribution is -2.41. The van der Waals surface area contributed by atoms with Crippen LogP contribution < -0.4 is 0 Å². The molecule has 19 heavy (non-hydrogen) atoms. The lowest BCUT2D eigenvalue weighted by molar-refractivity contribution is -0.138. The number of carbonyl (C=O) groups excluding carboxylic acids is 1. The van der Waals surface area contributed by atoms with Crippen molar-refractivity contribution in [3.8, 4) is 0 Å². The van der Waals surface area contributed by atoms with Gasteiger partial charge in [0.05, 0.1) is 5.75 Å². The fourth-order valence-corrected chi connectivity index (χ4v) is 3.05. The Morgan fingerprint density at radius 1 is 1.26 bits per heavy atom. The lowest BCUT2D eigenvalue weighted by Gasteiger charge is -2.34. The number of hydrogen-bond donors (Lipinski definition) is 1. The van der Waals surface area contributed by atoms with E-state index in [1.54, 1.807) is 13.8 Å². The van der Waals surface area contributed by atoms with Gasteiger partial charge in [-0.05, 0) is 45.4 Å². The Morgan fingerprint density at radius 2 is 1.79 bits per heavy atom. The Kier molecular flexibility index (Phi) is 5.71. The van der Waals surface area contributed by atoms with Crippen molar-refractivity contribution in [2.75, 3.05) is 12.8 Å². The molecule has 0 aliphatic heterocycles. The number of carboxylic acid groups (broad SMARTS) is 1. The third kappa shape index (κ3) is 4.71. The van der Waals surface area contributed by atoms with Crippen LogP contribution >= 0.6 is 11.8 Å². The van der Waals surface area contributed by atoms with E-state index in [1.165, 1.54) is 24.6 Å². The van der Waals surface area contributed by atoms with E-state index >= 15 is 0 Å². The molecule has 1 fully saturated rings. The molecule has 1 rings (SSSR count). The molecule has 0 heterocycles. The zero-order chi connectivity index (χ0) is 14.6. The monoisotopic (exact) mass is 287 g/mol. The number of nitrogens with zero attached hydrogens (tertiary/aromatic N) is 1. The molecule has 0 aromatic carbocycles. The van der Waals surface area contributed by atoms with Crippen molar-refractivity contribution in [2.45, 2.75) is 57.2 Å². The summed E-state index contributed by atoms with van der Waals surface area (Å²) in [5.41, 5.74) is 0. The highest BCUT2D eigenvalue weighted by molar-refractivity contribution is 8.01. The SMILES string of the molecule is CC1CCC(N(C)C(=O)CSC(C)(C)C(=O)O)CC1. The summed E-state index contributed by atoms with van der Waals surface area (Å²) in [5, 5.41) is 9.02. The topological polar surface area (TPSA) is 57.6 Å². The summed E-state index contributed by atoms with van der Waals surface area (Å²) in [6, 6.07) is 0.331. The standard InChI is InChI=1S/C14H25NO3S/c1-10-5-7-11(8-6-10)15(4)12(16)9-19-14(2,3)13(17)18/h10-11H,5-9H2,1-4H3,(H,17,18). The van der Waals surface area contributed by atoms with Crippen LogP contribution in [0.15, 0.2) is 0 Å². The first kappa shape index (κ1) is 16.3. The lowest BCUT2D eigenvalue weighted by atomic mass is 9.87. The van der Waals surface area contributed by atoms with Crippen LogP contribution in [-0.2, 0) is 9.59 Å². The van der Waals surface area contributed by atoms with Crippen LogP contribution in [0, 0.1) is 5.92 Å². The summed E-state index contributed by atoms with van der Waals surface area (Å²) in [7, 11) is 1.84. The Balaban J connectivity index is 2.43. The van der Waals surface area contributed by atoms with Crippen molar-refractivity contribution in [1.29, 1.82) is 0 Å². The van der Waals surface area contributed by atoms with Crippen LogP contribution in [0.2, 0.25) is 0 Å². The van der Waals surface area contributed by atoms with Crippen molar-refractivity contribution in [2.24, 2.45) is 5.92 Å². The molecule has 0 saturated heterocycles. The molecule has 0 aromatic rings. The second-order valence-corrected chi connectivity index (χ2v) is 7.62. The molecule has 1 aliphatic carbocycles. The van der Waals surface area contributed by atoms with Crippen molar-refractivity contribution >= 4 is 23.6 Å². The first-order chi connectivity index (χ1) is 8.74. The van der Waals surface area contributed by atoms with Gasteiger partial charge in [-0.2, -0.15) is 0 Å². The Labute approximate surface area is 119 Å². The molecule has 1 saturated carbocycles. The van der Waals surface area contributed by atoms with E-state index in [9.17, 15) is 9.59 Å². The number of amides is 1. The van der Waals surface area contributed by atoms with Gasteiger partial charge in [-0.25, -0.2) is 0 Å². The molecular weight excluding hydrogens is 262 g/mol. The first-order valence-corrected chi connectivity index (χ1v) is 7.85. The maximum atomic E-state index is 12.1. The van der Waals surface area contributed by atoms with Crippen molar-refractivity contribution in [3.63, 3.8) is 0 Å². The van der Waals surface area contributed by atoms with Crippen LogP contribution in [0.5, 0.6) is 0 Å². The maximum absolute atomic E-state index is 12.1. The number of hydrogen-bond acceptors (Lipinski definition) is 3. The van der Waals surface area contributed by atoms with Crippen LogP contribution in [0.1, 0.15) is 46.5 Å². The van der Waals surface area contributed by atoms with Gasteiger partial charge in [0.25, 0.3) is 0 Å². The van der Waals surface area contributed by atoms with Crippen molar-refractivity contribution in [1.82, 2.24) is 4.90 Å². The first-order valence-electron chi connectivity index (χ1n) is 6.87. The molecule has 1 N–H and O–H groups in total. The molecule has 1 aliphatic rings. The summed E-state index contributed by atoms with van der Waals surface area (Å²) in [6.45, 7) is 5.52. The average molecular weight is 287 g/mol. The van der Waals surface area contributed by atoms with E-state index in [-0.39, 0.29) is 11.7 Å². The summed E-state index contributed by atoms with van der Waals surface area (Å²) < 4.78 is -0.905. The third-order valence-corrected chi connectivity index (χ3v) is 5.29. The molecule has 4 nitrogen and oxygen atoms in total. The smallest absolute Gasteiger partial charge is 0.319 e. The number of carbonyl (C=O) groups is 2. The van der Waals surface area contributed by atoms with Gasteiger partial charge >= 0.3 is 5.97 Å². The molecule has 110 valence electrons. The van der Waals surface area contributed by atoms with E-state index in [2.05, 4.69) is 6.92 Å². The van der Waals surface area contributed by atoms with Gasteiger partial charge in [0.2, 0.25) is 5.91 Å². The molecule has 0 unspecified atom stereocenters. The van der Waals surface area contributed by atoms with E-state index in [0.717, 1.165) is 18.8 Å². The molecule has 0 atom stereocenters. The van der Waals surface area contributed by atoms with Crippen molar-refractivity contribution in [3.05, 3.63) is 0 Å². The zero-order valence-corrected chi connectivity index (χ0v) is 13.1. The van der Waals surface area contributed by atoms with Crippen molar-refractivity contribution < 1.29 is 14.7 Å². The Bertz CT molecular complexity index is 336. The molecule has 0 bridgehead atoms. The minimum absolute atomic E-state index is 0.0406. The minimum Gasteiger partial charge on any atom is -0.480 e. The van der Waals surface area contributed by atoms with Gasteiger partial charge in [0.15, 0.2) is 0 Å². The normalized spacial score (nSPS) is 24.0. The minimum atomic E-state index is -0.905. The molecule has 0 spiro atoms. The fraction of sp³-hybridized carbons (Fsp3) is 0.857. The Morgan fingerprint density at radius 3 is 2.26 bits per heavy atom. The van der Waals surface area contributed by atoms with E-state index < -0.39 is 10.7 Å². The molecule has 5 heteroatoms. The van der Waals surface area contributed by atoms with Crippen LogP contribution in [-0.4, -0.2) is 45.5 Å². The van der Waals surface area contributed by atoms with Gasteiger partial charge in [0.1, 0.15) is 4.75 Å².